The van der Waals surface area contributed by atoms with E-state index in [-0.39, 0.29) is 0 Å². The lowest BCUT2D eigenvalue weighted by Crippen LogP contribution is -2.07. The largest absolute Gasteiger partial charge is 0.300 e. The van der Waals surface area contributed by atoms with Gasteiger partial charge in [0.05, 0.1) is 0 Å². The van der Waals surface area contributed by atoms with Crippen LogP contribution in [0.1, 0.15) is 64.2 Å². The minimum Gasteiger partial charge on any atom is -0.300 e. The number of Topliss-reactive ketones (excluding diaryl/α,β-unsaturated/α-hetero) is 1. The average molecular weight is 220 g/mol. The van der Waals surface area contributed by atoms with Crippen molar-refractivity contribution in [2.24, 2.45) is 5.92 Å². The number of hydrogen-bond donors (Lipinski definition) is 0. The molecule has 0 bridgehead atoms. The summed E-state index contributed by atoms with van der Waals surface area (Å²) in [4.78, 5) is 11.7. The van der Waals surface area contributed by atoms with Crippen molar-refractivity contribution < 1.29 is 4.79 Å². The van der Waals surface area contributed by atoms with Gasteiger partial charge in [-0.25, -0.2) is 0 Å². The zero-order valence-corrected chi connectivity index (χ0v) is 10.3. The summed E-state index contributed by atoms with van der Waals surface area (Å²) in [5.74, 6) is 0.821. The van der Waals surface area contributed by atoms with Crippen molar-refractivity contribution in [3.63, 3.8) is 0 Å². The maximum atomic E-state index is 11.7. The molecule has 0 saturated heterocycles. The Labute approximate surface area is 99.6 Å². The van der Waals surface area contributed by atoms with Crippen molar-refractivity contribution in [3.8, 4) is 0 Å². The maximum absolute atomic E-state index is 11.7. The van der Waals surface area contributed by atoms with Gasteiger partial charge in [0, 0.05) is 12.8 Å². The lowest BCUT2D eigenvalue weighted by Gasteiger charge is -2.12. The first-order valence-electron chi connectivity index (χ1n) is 6.70. The first-order valence-corrected chi connectivity index (χ1v) is 6.70. The Morgan fingerprint density at radius 1 is 1.06 bits per heavy atom. The van der Waals surface area contributed by atoms with E-state index in [0.717, 1.165) is 19.3 Å². The molecular weight excluding hydrogens is 196 g/mol. The van der Waals surface area contributed by atoms with E-state index in [2.05, 4.69) is 12.3 Å². The third-order valence-electron chi connectivity index (χ3n) is 3.37. The van der Waals surface area contributed by atoms with Crippen LogP contribution in [-0.2, 0) is 4.79 Å². The fourth-order valence-electron chi connectivity index (χ4n) is 2.42. The SMILES string of the molecule is C=C=CC1CCCCCCCCCC(=O)C1. The highest BCUT2D eigenvalue weighted by atomic mass is 16.1. The fraction of sp³-hybridized carbons (Fsp3) is 0.733. The van der Waals surface area contributed by atoms with Crippen LogP contribution in [-0.4, -0.2) is 5.78 Å². The number of carbonyl (C=O) groups is 1. The second-order valence-corrected chi connectivity index (χ2v) is 4.89. The minimum absolute atomic E-state index is 0.393. The monoisotopic (exact) mass is 220 g/mol. The zero-order valence-electron chi connectivity index (χ0n) is 10.3. The first-order chi connectivity index (χ1) is 7.83. The van der Waals surface area contributed by atoms with Crippen LogP contribution >= 0.6 is 0 Å². The van der Waals surface area contributed by atoms with Gasteiger partial charge in [0.15, 0.2) is 0 Å². The lowest BCUT2D eigenvalue weighted by molar-refractivity contribution is -0.119. The highest BCUT2D eigenvalue weighted by Gasteiger charge is 2.11. The number of allylic oxidation sites excluding steroid dienone is 1. The highest BCUT2D eigenvalue weighted by molar-refractivity contribution is 5.78. The Bertz CT molecular complexity index is 248. The van der Waals surface area contributed by atoms with Gasteiger partial charge in [-0.2, -0.15) is 0 Å². The smallest absolute Gasteiger partial charge is 0.133 e. The van der Waals surface area contributed by atoms with Crippen LogP contribution < -0.4 is 0 Å². The summed E-state index contributed by atoms with van der Waals surface area (Å²) in [6.07, 6.45) is 13.5. The summed E-state index contributed by atoms with van der Waals surface area (Å²) < 4.78 is 0. The summed E-state index contributed by atoms with van der Waals surface area (Å²) in [6, 6.07) is 0. The van der Waals surface area contributed by atoms with Crippen molar-refractivity contribution in [3.05, 3.63) is 18.4 Å². The fourth-order valence-corrected chi connectivity index (χ4v) is 2.42. The predicted molar refractivity (Wildman–Crippen MR) is 68.4 cm³/mol. The van der Waals surface area contributed by atoms with Crippen LogP contribution in [0.25, 0.3) is 0 Å². The molecule has 1 nitrogen and oxygen atoms in total. The topological polar surface area (TPSA) is 17.1 Å². The molecule has 1 atom stereocenters. The van der Waals surface area contributed by atoms with Crippen LogP contribution in [0.5, 0.6) is 0 Å². The highest BCUT2D eigenvalue weighted by Crippen LogP contribution is 2.20. The molecule has 0 amide bonds. The molecule has 0 aromatic heterocycles. The van der Waals surface area contributed by atoms with E-state index in [1.54, 1.807) is 0 Å². The summed E-state index contributed by atoms with van der Waals surface area (Å²) >= 11 is 0. The third kappa shape index (κ3) is 5.92. The number of hydrogen-bond acceptors (Lipinski definition) is 1. The van der Waals surface area contributed by atoms with E-state index in [1.165, 1.54) is 38.5 Å². The van der Waals surface area contributed by atoms with Gasteiger partial charge in [-0.1, -0.05) is 45.1 Å². The molecule has 0 aromatic carbocycles. The molecule has 0 N–H and O–H groups in total. The molecule has 0 aromatic rings. The standard InChI is InChI=1S/C15H24O/c1-2-10-14-11-8-6-4-3-5-7-9-12-15(16)13-14/h10,14H,1,3-9,11-13H2. The Morgan fingerprint density at radius 2 is 1.69 bits per heavy atom. The maximum Gasteiger partial charge on any atom is 0.133 e. The van der Waals surface area contributed by atoms with Gasteiger partial charge in [-0.3, -0.25) is 4.79 Å². The Balaban J connectivity index is 2.43. The predicted octanol–water partition coefficient (Wildman–Crippen LogP) is 4.43. The molecule has 1 unspecified atom stereocenters. The van der Waals surface area contributed by atoms with Crippen molar-refractivity contribution >= 4 is 5.78 Å². The molecule has 1 rings (SSSR count). The molecule has 0 aliphatic heterocycles. The van der Waals surface area contributed by atoms with E-state index >= 15 is 0 Å². The van der Waals surface area contributed by atoms with E-state index in [0.29, 0.717) is 18.1 Å². The van der Waals surface area contributed by atoms with Crippen LogP contribution in [0, 0.1) is 5.92 Å². The third-order valence-corrected chi connectivity index (χ3v) is 3.37. The van der Waals surface area contributed by atoms with Crippen molar-refractivity contribution in [2.45, 2.75) is 64.2 Å². The Morgan fingerprint density at radius 3 is 2.38 bits per heavy atom. The number of rotatable bonds is 1. The summed E-state index contributed by atoms with van der Waals surface area (Å²) in [7, 11) is 0. The van der Waals surface area contributed by atoms with Crippen LogP contribution in [0.4, 0.5) is 0 Å². The van der Waals surface area contributed by atoms with E-state index in [4.69, 9.17) is 0 Å². The first kappa shape index (κ1) is 13.3. The average Bonchev–Trinajstić information content (AvgIpc) is 2.25. The van der Waals surface area contributed by atoms with Crippen molar-refractivity contribution in [1.82, 2.24) is 0 Å². The van der Waals surface area contributed by atoms with Gasteiger partial charge >= 0.3 is 0 Å². The van der Waals surface area contributed by atoms with Crippen LogP contribution in [0.15, 0.2) is 18.4 Å². The van der Waals surface area contributed by atoms with Crippen molar-refractivity contribution in [1.29, 1.82) is 0 Å². The van der Waals surface area contributed by atoms with E-state index in [1.807, 2.05) is 6.08 Å². The molecule has 0 heterocycles. The lowest BCUT2D eigenvalue weighted by atomic mass is 9.92. The van der Waals surface area contributed by atoms with Crippen molar-refractivity contribution in [2.75, 3.05) is 0 Å². The second kappa shape index (κ2) is 8.35. The summed E-state index contributed by atoms with van der Waals surface area (Å²) in [5.41, 5.74) is 2.84. The van der Waals surface area contributed by atoms with E-state index in [9.17, 15) is 4.79 Å². The quantitative estimate of drug-likeness (QED) is 0.597. The molecule has 90 valence electrons. The molecule has 1 heteroatoms. The molecule has 16 heavy (non-hydrogen) atoms. The van der Waals surface area contributed by atoms with Gasteiger partial charge < -0.3 is 0 Å². The molecule has 1 aliphatic rings. The molecule has 1 saturated carbocycles. The molecule has 1 aliphatic carbocycles. The Hall–Kier alpha value is -0.810. The Kier molecular flexibility index (Phi) is 6.92. The molecule has 0 radical (unpaired) electrons. The van der Waals surface area contributed by atoms with Gasteiger partial charge in [-0.15, -0.1) is 5.73 Å². The van der Waals surface area contributed by atoms with Gasteiger partial charge in [-0.05, 0) is 24.8 Å². The minimum atomic E-state index is 0.393. The summed E-state index contributed by atoms with van der Waals surface area (Å²) in [5, 5.41) is 0. The van der Waals surface area contributed by atoms with Gasteiger partial charge in [0.2, 0.25) is 0 Å². The number of ketones is 1. The van der Waals surface area contributed by atoms with E-state index < -0.39 is 0 Å². The molecule has 1 fully saturated rings. The summed E-state index contributed by atoms with van der Waals surface area (Å²) in [6.45, 7) is 3.62. The molecular formula is C15H24O. The molecule has 0 spiro atoms. The normalized spacial score (nSPS) is 25.0. The number of carbonyl (C=O) groups excluding carboxylic acids is 1. The second-order valence-electron chi connectivity index (χ2n) is 4.89. The van der Waals surface area contributed by atoms with Gasteiger partial charge in [0.1, 0.15) is 5.78 Å². The van der Waals surface area contributed by atoms with Gasteiger partial charge in [0.25, 0.3) is 0 Å². The zero-order chi connectivity index (χ0) is 11.6. The van der Waals surface area contributed by atoms with Crippen LogP contribution in [0.3, 0.4) is 0 Å². The van der Waals surface area contributed by atoms with Crippen LogP contribution in [0.2, 0.25) is 0 Å².